The first-order valence-electron chi connectivity index (χ1n) is 7.35. The predicted molar refractivity (Wildman–Crippen MR) is 92.8 cm³/mol. The third-order valence-electron chi connectivity index (χ3n) is 3.13. The molecule has 1 amide bonds. The largest absolute Gasteiger partial charge is 0.465 e. The average molecular weight is 329 g/mol. The maximum atomic E-state index is 11.9. The van der Waals surface area contributed by atoms with E-state index in [-0.39, 0.29) is 5.91 Å². The Morgan fingerprint density at radius 2 is 1.87 bits per heavy atom. The van der Waals surface area contributed by atoms with E-state index in [1.807, 2.05) is 18.2 Å². The fraction of sp³-hybridized carbons (Fsp3) is 0.222. The highest BCUT2D eigenvalue weighted by molar-refractivity contribution is 7.99. The number of amides is 1. The Bertz CT molecular complexity index is 658. The molecule has 0 saturated carbocycles. The summed E-state index contributed by atoms with van der Waals surface area (Å²) in [6, 6.07) is 16.8. The molecule has 0 spiro atoms. The van der Waals surface area contributed by atoms with Crippen LogP contribution in [0.15, 0.2) is 59.5 Å². The van der Waals surface area contributed by atoms with E-state index in [0.717, 1.165) is 12.2 Å². The minimum atomic E-state index is -0.416. The maximum absolute atomic E-state index is 11.9. The summed E-state index contributed by atoms with van der Waals surface area (Å²) in [5.74, 6) is 0.417. The zero-order valence-corrected chi connectivity index (χ0v) is 13.8. The molecule has 0 aliphatic rings. The summed E-state index contributed by atoms with van der Waals surface area (Å²) in [6.07, 6.45) is 1.24. The third-order valence-corrected chi connectivity index (χ3v) is 4.23. The number of rotatable bonds is 7. The van der Waals surface area contributed by atoms with Crippen molar-refractivity contribution in [2.75, 3.05) is 18.2 Å². The van der Waals surface area contributed by atoms with E-state index in [9.17, 15) is 9.59 Å². The first kappa shape index (κ1) is 17.1. The molecule has 0 unspecified atom stereocenters. The van der Waals surface area contributed by atoms with E-state index >= 15 is 0 Å². The Hall–Kier alpha value is -2.27. The number of carbonyl (C=O) groups excluding carboxylic acids is 2. The molecule has 1 N–H and O–H groups in total. The van der Waals surface area contributed by atoms with Crippen molar-refractivity contribution in [3.63, 3.8) is 0 Å². The number of carbonyl (C=O) groups is 2. The molecule has 5 heteroatoms. The molecule has 0 aliphatic heterocycles. The van der Waals surface area contributed by atoms with Gasteiger partial charge in [-0.15, -0.1) is 11.8 Å². The Labute approximate surface area is 140 Å². The molecule has 0 heterocycles. The van der Waals surface area contributed by atoms with Gasteiger partial charge in [0.2, 0.25) is 5.91 Å². The van der Waals surface area contributed by atoms with Gasteiger partial charge in [0, 0.05) is 17.0 Å². The number of benzene rings is 2. The molecule has 2 rings (SSSR count). The van der Waals surface area contributed by atoms with Crippen LogP contribution in [0.5, 0.6) is 0 Å². The van der Waals surface area contributed by atoms with Gasteiger partial charge in [0.05, 0.1) is 12.7 Å². The normalized spacial score (nSPS) is 10.1. The number of anilines is 1. The van der Waals surface area contributed by atoms with Gasteiger partial charge in [0.1, 0.15) is 0 Å². The van der Waals surface area contributed by atoms with Crippen molar-refractivity contribution in [1.29, 1.82) is 0 Å². The van der Waals surface area contributed by atoms with Gasteiger partial charge >= 0.3 is 5.97 Å². The second kappa shape index (κ2) is 9.00. The smallest absolute Gasteiger partial charge is 0.337 e. The van der Waals surface area contributed by atoms with E-state index in [2.05, 4.69) is 22.2 Å². The van der Waals surface area contributed by atoms with Crippen LogP contribution in [-0.2, 0) is 9.53 Å². The Balaban J connectivity index is 1.75. The van der Waals surface area contributed by atoms with Crippen molar-refractivity contribution >= 4 is 29.3 Å². The molecule has 23 heavy (non-hydrogen) atoms. The number of ether oxygens (including phenoxy) is 1. The second-order valence-electron chi connectivity index (χ2n) is 4.89. The molecular formula is C18H19NO3S. The van der Waals surface area contributed by atoms with Crippen molar-refractivity contribution in [2.24, 2.45) is 0 Å². The molecule has 4 nitrogen and oxygen atoms in total. The van der Waals surface area contributed by atoms with Gasteiger partial charge in [-0.3, -0.25) is 4.79 Å². The standard InChI is InChI=1S/C18H19NO3S/c1-22-18(21)14-7-5-8-15(13-14)19-17(20)11-6-12-23-16-9-3-2-4-10-16/h2-5,7-10,13H,6,11-12H2,1H3,(H,19,20). The fourth-order valence-corrected chi connectivity index (χ4v) is 2.88. The topological polar surface area (TPSA) is 55.4 Å². The Morgan fingerprint density at radius 3 is 2.61 bits per heavy atom. The van der Waals surface area contributed by atoms with Crippen molar-refractivity contribution in [1.82, 2.24) is 0 Å². The summed E-state index contributed by atoms with van der Waals surface area (Å²) in [5.41, 5.74) is 1.03. The van der Waals surface area contributed by atoms with E-state index < -0.39 is 5.97 Å². The number of nitrogens with one attached hydrogen (secondary N) is 1. The van der Waals surface area contributed by atoms with Crippen molar-refractivity contribution in [2.45, 2.75) is 17.7 Å². The lowest BCUT2D eigenvalue weighted by molar-refractivity contribution is -0.116. The summed E-state index contributed by atoms with van der Waals surface area (Å²) < 4.78 is 4.66. The molecule has 0 radical (unpaired) electrons. The molecular weight excluding hydrogens is 310 g/mol. The molecule has 0 atom stereocenters. The Morgan fingerprint density at radius 1 is 1.09 bits per heavy atom. The summed E-state index contributed by atoms with van der Waals surface area (Å²) in [4.78, 5) is 24.6. The Kier molecular flexibility index (Phi) is 6.69. The summed E-state index contributed by atoms with van der Waals surface area (Å²) in [6.45, 7) is 0. The highest BCUT2D eigenvalue weighted by Crippen LogP contribution is 2.18. The first-order valence-corrected chi connectivity index (χ1v) is 8.33. The van der Waals surface area contributed by atoms with Gasteiger partial charge < -0.3 is 10.1 Å². The van der Waals surface area contributed by atoms with Gasteiger partial charge in [-0.2, -0.15) is 0 Å². The van der Waals surface area contributed by atoms with E-state index in [0.29, 0.717) is 17.7 Å². The van der Waals surface area contributed by atoms with Crippen molar-refractivity contribution in [3.05, 3.63) is 60.2 Å². The zero-order chi connectivity index (χ0) is 16.5. The van der Waals surface area contributed by atoms with Crippen LogP contribution < -0.4 is 5.32 Å². The van der Waals surface area contributed by atoms with Crippen LogP contribution in [0.1, 0.15) is 23.2 Å². The monoisotopic (exact) mass is 329 g/mol. The highest BCUT2D eigenvalue weighted by atomic mass is 32.2. The number of esters is 1. The summed E-state index contributed by atoms with van der Waals surface area (Å²) in [5, 5.41) is 2.80. The molecule has 0 saturated heterocycles. The lowest BCUT2D eigenvalue weighted by Crippen LogP contribution is -2.12. The van der Waals surface area contributed by atoms with Crippen LogP contribution in [0.2, 0.25) is 0 Å². The van der Waals surface area contributed by atoms with Crippen LogP contribution >= 0.6 is 11.8 Å². The number of methoxy groups -OCH3 is 1. The van der Waals surface area contributed by atoms with Crippen molar-refractivity contribution < 1.29 is 14.3 Å². The molecule has 0 bridgehead atoms. The van der Waals surface area contributed by atoms with Crippen LogP contribution in [0.3, 0.4) is 0 Å². The summed E-state index contributed by atoms with van der Waals surface area (Å²) in [7, 11) is 1.33. The van der Waals surface area contributed by atoms with Crippen LogP contribution in [0.25, 0.3) is 0 Å². The molecule has 0 aromatic heterocycles. The summed E-state index contributed by atoms with van der Waals surface area (Å²) >= 11 is 1.74. The van der Waals surface area contributed by atoms with E-state index in [1.54, 1.807) is 36.0 Å². The number of thioether (sulfide) groups is 1. The van der Waals surface area contributed by atoms with Crippen molar-refractivity contribution in [3.8, 4) is 0 Å². The SMILES string of the molecule is COC(=O)c1cccc(NC(=O)CCCSc2ccccc2)c1. The van der Waals surface area contributed by atoms with Gasteiger partial charge in [0.15, 0.2) is 0 Å². The number of hydrogen-bond acceptors (Lipinski definition) is 4. The molecule has 120 valence electrons. The minimum Gasteiger partial charge on any atom is -0.465 e. The van der Waals surface area contributed by atoms with Crippen LogP contribution in [0.4, 0.5) is 5.69 Å². The van der Waals surface area contributed by atoms with Gasteiger partial charge in [-0.05, 0) is 42.5 Å². The lowest BCUT2D eigenvalue weighted by Gasteiger charge is -2.07. The highest BCUT2D eigenvalue weighted by Gasteiger charge is 2.07. The van der Waals surface area contributed by atoms with Gasteiger partial charge in [-0.25, -0.2) is 4.79 Å². The van der Waals surface area contributed by atoms with Gasteiger partial charge in [0.25, 0.3) is 0 Å². The average Bonchev–Trinajstić information content (AvgIpc) is 2.59. The minimum absolute atomic E-state index is 0.0549. The number of hydrogen-bond donors (Lipinski definition) is 1. The lowest BCUT2D eigenvalue weighted by atomic mass is 10.2. The molecule has 0 fully saturated rings. The fourth-order valence-electron chi connectivity index (χ4n) is 2.00. The zero-order valence-electron chi connectivity index (χ0n) is 13.0. The van der Waals surface area contributed by atoms with Crippen LogP contribution in [-0.4, -0.2) is 24.7 Å². The van der Waals surface area contributed by atoms with E-state index in [4.69, 9.17) is 0 Å². The third kappa shape index (κ3) is 5.79. The maximum Gasteiger partial charge on any atom is 0.337 e. The molecule has 2 aromatic rings. The molecule has 0 aliphatic carbocycles. The predicted octanol–water partition coefficient (Wildman–Crippen LogP) is 3.98. The van der Waals surface area contributed by atoms with E-state index in [1.165, 1.54) is 12.0 Å². The first-order chi connectivity index (χ1) is 11.2. The van der Waals surface area contributed by atoms with Crippen LogP contribution in [0, 0.1) is 0 Å². The second-order valence-corrected chi connectivity index (χ2v) is 6.05. The quantitative estimate of drug-likeness (QED) is 0.474. The van der Waals surface area contributed by atoms with Gasteiger partial charge in [-0.1, -0.05) is 24.3 Å². The molecule has 2 aromatic carbocycles.